The Labute approximate surface area is 210 Å². The molecule has 2 heterocycles. The van der Waals surface area contributed by atoms with Crippen molar-refractivity contribution in [2.75, 3.05) is 4.90 Å². The molecular weight excluding hydrogens is 421 g/mol. The quantitative estimate of drug-likeness (QED) is 0.447. The maximum Gasteiger partial charge on any atom is 0.247 e. The van der Waals surface area contributed by atoms with Crippen LogP contribution in [0.2, 0.25) is 0 Å². The zero-order chi connectivity index (χ0) is 23.1. The molecule has 2 aliphatic heterocycles. The average molecular weight is 455 g/mol. The van der Waals surface area contributed by atoms with E-state index in [2.05, 4.69) is 73.3 Å². The molecule has 10 rings (SSSR count). The lowest BCUT2D eigenvalue weighted by Gasteiger charge is -2.63. The highest BCUT2D eigenvalue weighted by molar-refractivity contribution is 6.99. The third-order valence-electron chi connectivity index (χ3n) is 11.3. The molecule has 0 amide bonds. The number of fused-ring (bicyclic) bond motifs is 5. The summed E-state index contributed by atoms with van der Waals surface area (Å²) in [5, 5.41) is 0. The first kappa shape index (κ1) is 19.7. The summed E-state index contributed by atoms with van der Waals surface area (Å²) in [7, 11) is 0. The molecule has 5 aliphatic carbocycles. The van der Waals surface area contributed by atoms with Gasteiger partial charge in [0.05, 0.1) is 0 Å². The van der Waals surface area contributed by atoms with E-state index in [0.717, 1.165) is 17.8 Å². The lowest BCUT2D eigenvalue weighted by molar-refractivity contribution is 0.000621. The van der Waals surface area contributed by atoms with Crippen molar-refractivity contribution in [3.63, 3.8) is 0 Å². The number of benzene rings is 3. The number of hydrogen-bond donors (Lipinski definition) is 0. The Bertz CT molecular complexity index is 1400. The SMILES string of the molecule is CC1(C)c2ccccc2B2c3cc4c(cc3N(C35CC6CC(CC(C6)C3)C5)c3cccc1c32)CC4. The topological polar surface area (TPSA) is 3.24 Å². The van der Waals surface area contributed by atoms with E-state index in [1.807, 2.05) is 0 Å². The van der Waals surface area contributed by atoms with Gasteiger partial charge in [0.25, 0.3) is 0 Å². The van der Waals surface area contributed by atoms with Crippen LogP contribution in [0.25, 0.3) is 0 Å². The summed E-state index contributed by atoms with van der Waals surface area (Å²) in [5.74, 6) is 2.85. The molecule has 0 aromatic heterocycles. The standard InChI is InChI=1S/C33H34BN/c1-32(2)25-6-3-4-8-27(25)34-28-15-23-10-11-24(23)16-30(28)35(29-9-5-7-26(32)31(29)34)33-17-20-12-21(18-33)14-22(13-20)19-33/h3-9,15-16,20-22H,10-14,17-19H2,1-2H3. The van der Waals surface area contributed by atoms with Crippen molar-refractivity contribution in [3.8, 4) is 0 Å². The lowest BCUT2D eigenvalue weighted by atomic mass is 9.29. The molecule has 0 radical (unpaired) electrons. The van der Waals surface area contributed by atoms with Crippen LogP contribution in [0.4, 0.5) is 11.4 Å². The van der Waals surface area contributed by atoms with Crippen molar-refractivity contribution in [3.05, 3.63) is 76.9 Å². The first-order chi connectivity index (χ1) is 17.0. The van der Waals surface area contributed by atoms with Crippen LogP contribution in [0.15, 0.2) is 54.6 Å². The minimum absolute atomic E-state index is 0.0307. The summed E-state index contributed by atoms with van der Waals surface area (Å²) in [6.45, 7) is 5.29. The molecule has 0 unspecified atom stereocenters. The van der Waals surface area contributed by atoms with Gasteiger partial charge in [-0.1, -0.05) is 61.8 Å². The second-order valence-corrected chi connectivity index (χ2v) is 13.5. The maximum absolute atomic E-state index is 2.96. The number of hydrogen-bond acceptors (Lipinski definition) is 1. The molecule has 7 aliphatic rings. The van der Waals surface area contributed by atoms with Crippen LogP contribution in [0.5, 0.6) is 0 Å². The highest BCUT2D eigenvalue weighted by Gasteiger charge is 2.57. The zero-order valence-electron chi connectivity index (χ0n) is 21.1. The molecule has 4 bridgehead atoms. The molecule has 0 spiro atoms. The number of aryl methyl sites for hydroxylation is 2. The van der Waals surface area contributed by atoms with Gasteiger partial charge < -0.3 is 4.90 Å². The number of nitrogens with zero attached hydrogens (tertiary/aromatic N) is 1. The Morgan fingerprint density at radius 2 is 1.37 bits per heavy atom. The summed E-state index contributed by atoms with van der Waals surface area (Å²) in [5.41, 5.74) is 14.5. The third-order valence-corrected chi connectivity index (χ3v) is 11.3. The van der Waals surface area contributed by atoms with Crippen molar-refractivity contribution in [1.29, 1.82) is 0 Å². The predicted molar refractivity (Wildman–Crippen MR) is 147 cm³/mol. The average Bonchev–Trinajstić information content (AvgIpc) is 2.82. The van der Waals surface area contributed by atoms with Crippen LogP contribution in [0, 0.1) is 17.8 Å². The monoisotopic (exact) mass is 455 g/mol. The van der Waals surface area contributed by atoms with Gasteiger partial charge in [0.2, 0.25) is 6.71 Å². The molecule has 3 aromatic rings. The molecule has 2 heteroatoms. The van der Waals surface area contributed by atoms with E-state index in [1.165, 1.54) is 56.9 Å². The van der Waals surface area contributed by atoms with Gasteiger partial charge in [-0.05, 0) is 114 Å². The number of anilines is 2. The van der Waals surface area contributed by atoms with E-state index in [-0.39, 0.29) is 5.41 Å². The minimum Gasteiger partial charge on any atom is -0.336 e. The largest absolute Gasteiger partial charge is 0.336 e. The lowest BCUT2D eigenvalue weighted by Crippen LogP contribution is -2.68. The van der Waals surface area contributed by atoms with E-state index in [4.69, 9.17) is 0 Å². The molecule has 4 saturated carbocycles. The van der Waals surface area contributed by atoms with Crippen molar-refractivity contribution in [2.24, 2.45) is 17.8 Å². The van der Waals surface area contributed by atoms with Gasteiger partial charge in [-0.3, -0.25) is 0 Å². The minimum atomic E-state index is 0.0307. The Kier molecular flexibility index (Phi) is 3.52. The van der Waals surface area contributed by atoms with Gasteiger partial charge in [-0.25, -0.2) is 0 Å². The molecule has 174 valence electrons. The molecular formula is C33H34BN. The van der Waals surface area contributed by atoms with Gasteiger partial charge in [-0.15, -0.1) is 0 Å². The summed E-state index contributed by atoms with van der Waals surface area (Å²) in [4.78, 5) is 2.96. The first-order valence-corrected chi connectivity index (χ1v) is 14.2. The Morgan fingerprint density at radius 1 is 0.714 bits per heavy atom. The van der Waals surface area contributed by atoms with Gasteiger partial charge in [0.15, 0.2) is 0 Å². The van der Waals surface area contributed by atoms with Crippen LogP contribution >= 0.6 is 0 Å². The Hall–Kier alpha value is -2.48. The molecule has 0 N–H and O–H groups in total. The Balaban J connectivity index is 1.36. The fourth-order valence-corrected chi connectivity index (χ4v) is 10.2. The van der Waals surface area contributed by atoms with E-state index >= 15 is 0 Å². The predicted octanol–water partition coefficient (Wildman–Crippen LogP) is 5.36. The van der Waals surface area contributed by atoms with Crippen LogP contribution in [0.1, 0.15) is 74.6 Å². The maximum atomic E-state index is 2.96. The van der Waals surface area contributed by atoms with E-state index in [0.29, 0.717) is 12.3 Å². The van der Waals surface area contributed by atoms with E-state index < -0.39 is 0 Å². The normalized spacial score (nSPS) is 31.9. The molecule has 3 aromatic carbocycles. The summed E-state index contributed by atoms with van der Waals surface area (Å²) in [6, 6.07) is 22.0. The molecule has 0 saturated heterocycles. The summed E-state index contributed by atoms with van der Waals surface area (Å²) in [6.07, 6.45) is 11.2. The molecule has 1 nitrogen and oxygen atoms in total. The highest BCUT2D eigenvalue weighted by atomic mass is 15.2. The van der Waals surface area contributed by atoms with Gasteiger partial charge >= 0.3 is 0 Å². The summed E-state index contributed by atoms with van der Waals surface area (Å²) < 4.78 is 0. The Morgan fingerprint density at radius 3 is 2.09 bits per heavy atom. The van der Waals surface area contributed by atoms with E-state index in [9.17, 15) is 0 Å². The van der Waals surface area contributed by atoms with Gasteiger partial charge in [-0.2, -0.15) is 0 Å². The second kappa shape index (κ2) is 6.26. The second-order valence-electron chi connectivity index (χ2n) is 13.5. The van der Waals surface area contributed by atoms with E-state index in [1.54, 1.807) is 44.5 Å². The summed E-state index contributed by atoms with van der Waals surface area (Å²) >= 11 is 0. The molecule has 0 atom stereocenters. The highest BCUT2D eigenvalue weighted by Crippen LogP contribution is 2.60. The molecule has 4 fully saturated rings. The van der Waals surface area contributed by atoms with Crippen molar-refractivity contribution >= 4 is 34.5 Å². The van der Waals surface area contributed by atoms with Crippen LogP contribution in [-0.2, 0) is 18.3 Å². The van der Waals surface area contributed by atoms with Crippen LogP contribution < -0.4 is 21.3 Å². The fraction of sp³-hybridized carbons (Fsp3) is 0.455. The van der Waals surface area contributed by atoms with Crippen LogP contribution in [0.3, 0.4) is 0 Å². The van der Waals surface area contributed by atoms with Gasteiger partial charge in [0.1, 0.15) is 0 Å². The third kappa shape index (κ3) is 2.33. The van der Waals surface area contributed by atoms with Gasteiger partial charge in [0, 0.05) is 22.3 Å². The van der Waals surface area contributed by atoms with Crippen LogP contribution in [-0.4, -0.2) is 12.3 Å². The molecule has 35 heavy (non-hydrogen) atoms. The fourth-order valence-electron chi connectivity index (χ4n) is 10.2. The number of rotatable bonds is 1. The first-order valence-electron chi connectivity index (χ1n) is 14.2. The van der Waals surface area contributed by atoms with Crippen molar-refractivity contribution in [1.82, 2.24) is 0 Å². The smallest absolute Gasteiger partial charge is 0.247 e. The van der Waals surface area contributed by atoms with Crippen molar-refractivity contribution < 1.29 is 0 Å². The zero-order valence-corrected chi connectivity index (χ0v) is 21.1. The van der Waals surface area contributed by atoms with Crippen molar-refractivity contribution in [2.45, 2.75) is 76.2 Å².